The topological polar surface area (TPSA) is 0 Å². The molecule has 0 aliphatic carbocycles. The first kappa shape index (κ1) is 28.0. The Bertz CT molecular complexity index is 262. The van der Waals surface area contributed by atoms with E-state index in [0.717, 1.165) is 0 Å². The molecule has 0 bridgehead atoms. The third-order valence-electron chi connectivity index (χ3n) is 6.87. The molecule has 0 spiro atoms. The molecule has 0 aromatic rings. The fourth-order valence-electron chi connectivity index (χ4n) is 4.39. The molecule has 0 unspecified atom stereocenters. The van der Waals surface area contributed by atoms with Gasteiger partial charge in [0.15, 0.2) is 0 Å². The maximum Gasteiger partial charge on any atom is 0.0784 e. The Morgan fingerprint density at radius 3 is 0.857 bits per heavy atom. The number of rotatable bonds is 23. The van der Waals surface area contributed by atoms with Crippen molar-refractivity contribution in [3.8, 4) is 0 Å². The first-order chi connectivity index (χ1) is 13.7. The summed E-state index contributed by atoms with van der Waals surface area (Å²) in [6, 6.07) is 0. The predicted molar refractivity (Wildman–Crippen MR) is 130 cm³/mol. The van der Waals surface area contributed by atoms with Crippen molar-refractivity contribution in [2.75, 3.05) is 26.7 Å². The standard InChI is InChI=1S/C27H58N/c1-5-8-10-12-14-16-18-20-22-24-26-28(4,7-3)27-25-23-21-19-17-15-13-11-9-6-2/h5-27H2,1-4H3/q+1. The van der Waals surface area contributed by atoms with E-state index in [4.69, 9.17) is 0 Å². The lowest BCUT2D eigenvalue weighted by Crippen LogP contribution is -2.45. The van der Waals surface area contributed by atoms with Crippen molar-refractivity contribution >= 4 is 0 Å². The normalized spacial score (nSPS) is 12.0. The number of quaternary nitrogens is 1. The molecule has 0 rings (SSSR count). The van der Waals surface area contributed by atoms with Crippen LogP contribution in [-0.2, 0) is 0 Å². The smallest absolute Gasteiger partial charge is 0.0784 e. The van der Waals surface area contributed by atoms with E-state index in [1.165, 1.54) is 153 Å². The highest BCUT2D eigenvalue weighted by Gasteiger charge is 2.17. The SMILES string of the molecule is CCCCCCCCCCCC[N+](C)(CC)CCCCCCCCCCCC. The zero-order chi connectivity index (χ0) is 20.8. The van der Waals surface area contributed by atoms with Crippen molar-refractivity contribution in [2.45, 2.75) is 149 Å². The van der Waals surface area contributed by atoms with E-state index in [9.17, 15) is 0 Å². The molecule has 0 heterocycles. The maximum absolute atomic E-state index is 2.50. The summed E-state index contributed by atoms with van der Waals surface area (Å²) in [6.45, 7) is 11.1. The van der Waals surface area contributed by atoms with Gasteiger partial charge in [0.1, 0.15) is 0 Å². The molecule has 0 aliphatic rings. The number of nitrogens with zero attached hydrogens (tertiary/aromatic N) is 1. The molecule has 0 saturated heterocycles. The van der Waals surface area contributed by atoms with Crippen LogP contribution < -0.4 is 0 Å². The fourth-order valence-corrected chi connectivity index (χ4v) is 4.39. The highest BCUT2D eigenvalue weighted by Crippen LogP contribution is 2.15. The van der Waals surface area contributed by atoms with Gasteiger partial charge in [0.25, 0.3) is 0 Å². The minimum Gasteiger partial charge on any atom is -0.326 e. The molecule has 0 fully saturated rings. The molecule has 1 heteroatoms. The Morgan fingerprint density at radius 1 is 0.357 bits per heavy atom. The maximum atomic E-state index is 2.50. The zero-order valence-corrected chi connectivity index (χ0v) is 20.7. The van der Waals surface area contributed by atoms with E-state index in [1.54, 1.807) is 0 Å². The van der Waals surface area contributed by atoms with Crippen LogP contribution in [0.15, 0.2) is 0 Å². The molecule has 0 radical (unpaired) electrons. The largest absolute Gasteiger partial charge is 0.326 e. The van der Waals surface area contributed by atoms with Gasteiger partial charge < -0.3 is 4.48 Å². The highest BCUT2D eigenvalue weighted by atomic mass is 15.3. The predicted octanol–water partition coefficient (Wildman–Crippen LogP) is 9.29. The van der Waals surface area contributed by atoms with E-state index in [2.05, 4.69) is 27.8 Å². The van der Waals surface area contributed by atoms with Gasteiger partial charge in [-0.15, -0.1) is 0 Å². The lowest BCUT2D eigenvalue weighted by atomic mass is 10.1. The minimum atomic E-state index is 1.31. The molecule has 0 atom stereocenters. The molecular weight excluding hydrogens is 338 g/mol. The summed E-state index contributed by atoms with van der Waals surface area (Å²) in [6.07, 6.45) is 29.1. The van der Waals surface area contributed by atoms with Crippen LogP contribution in [0.4, 0.5) is 0 Å². The summed E-state index contributed by atoms with van der Waals surface area (Å²) in [7, 11) is 2.50. The van der Waals surface area contributed by atoms with Crippen molar-refractivity contribution in [1.82, 2.24) is 0 Å². The van der Waals surface area contributed by atoms with E-state index in [1.807, 2.05) is 0 Å². The Labute approximate surface area is 180 Å². The van der Waals surface area contributed by atoms with Crippen LogP contribution in [0.3, 0.4) is 0 Å². The molecule has 0 saturated carbocycles. The van der Waals surface area contributed by atoms with Gasteiger partial charge in [0.05, 0.1) is 26.7 Å². The van der Waals surface area contributed by atoms with Gasteiger partial charge in [0.2, 0.25) is 0 Å². The Balaban J connectivity index is 3.47. The van der Waals surface area contributed by atoms with E-state index in [0.29, 0.717) is 0 Å². The number of unbranched alkanes of at least 4 members (excludes halogenated alkanes) is 18. The zero-order valence-electron chi connectivity index (χ0n) is 20.7. The second kappa shape index (κ2) is 21.7. The minimum absolute atomic E-state index is 1.31. The second-order valence-corrected chi connectivity index (χ2v) is 9.75. The molecule has 0 amide bonds. The summed E-state index contributed by atoms with van der Waals surface area (Å²) in [5.74, 6) is 0. The lowest BCUT2D eigenvalue weighted by molar-refractivity contribution is -0.908. The average Bonchev–Trinajstić information content (AvgIpc) is 2.71. The van der Waals surface area contributed by atoms with Crippen molar-refractivity contribution in [2.24, 2.45) is 0 Å². The monoisotopic (exact) mass is 396 g/mol. The van der Waals surface area contributed by atoms with Crippen molar-refractivity contribution in [3.05, 3.63) is 0 Å². The first-order valence-electron chi connectivity index (χ1n) is 13.5. The van der Waals surface area contributed by atoms with E-state index < -0.39 is 0 Å². The molecule has 0 aromatic carbocycles. The molecule has 1 nitrogen and oxygen atoms in total. The van der Waals surface area contributed by atoms with Gasteiger partial charge in [-0.25, -0.2) is 0 Å². The van der Waals surface area contributed by atoms with Crippen LogP contribution in [0.5, 0.6) is 0 Å². The lowest BCUT2D eigenvalue weighted by Gasteiger charge is -2.33. The molecule has 28 heavy (non-hydrogen) atoms. The summed E-state index contributed by atoms with van der Waals surface area (Å²) in [5, 5.41) is 0. The molecule has 0 aromatic heterocycles. The summed E-state index contributed by atoms with van der Waals surface area (Å²) in [5.41, 5.74) is 0. The molecule has 0 aliphatic heterocycles. The molecule has 0 N–H and O–H groups in total. The van der Waals surface area contributed by atoms with Crippen molar-refractivity contribution < 1.29 is 4.48 Å². The summed E-state index contributed by atoms with van der Waals surface area (Å²) in [4.78, 5) is 0. The van der Waals surface area contributed by atoms with Crippen LogP contribution in [0.2, 0.25) is 0 Å². The quantitative estimate of drug-likeness (QED) is 0.119. The van der Waals surface area contributed by atoms with Crippen LogP contribution in [-0.4, -0.2) is 31.2 Å². The molecular formula is C27H58N+. The van der Waals surface area contributed by atoms with Crippen LogP contribution in [0.25, 0.3) is 0 Å². The van der Waals surface area contributed by atoms with Gasteiger partial charge in [-0.3, -0.25) is 0 Å². The Hall–Kier alpha value is -0.0400. The summed E-state index contributed by atoms with van der Waals surface area (Å²) >= 11 is 0. The van der Waals surface area contributed by atoms with Gasteiger partial charge in [0, 0.05) is 0 Å². The van der Waals surface area contributed by atoms with Crippen molar-refractivity contribution in [3.63, 3.8) is 0 Å². The van der Waals surface area contributed by atoms with E-state index in [-0.39, 0.29) is 0 Å². The van der Waals surface area contributed by atoms with Crippen LogP contribution in [0, 0.1) is 0 Å². The third-order valence-corrected chi connectivity index (χ3v) is 6.87. The third kappa shape index (κ3) is 19.3. The number of hydrogen-bond donors (Lipinski definition) is 0. The fraction of sp³-hybridized carbons (Fsp3) is 1.00. The number of hydrogen-bond acceptors (Lipinski definition) is 0. The van der Waals surface area contributed by atoms with Crippen LogP contribution >= 0.6 is 0 Å². The van der Waals surface area contributed by atoms with Gasteiger partial charge in [-0.05, 0) is 32.6 Å². The Morgan fingerprint density at radius 2 is 0.607 bits per heavy atom. The van der Waals surface area contributed by atoms with E-state index >= 15 is 0 Å². The van der Waals surface area contributed by atoms with Gasteiger partial charge >= 0.3 is 0 Å². The average molecular weight is 397 g/mol. The summed E-state index contributed by atoms with van der Waals surface area (Å²) < 4.78 is 1.31. The highest BCUT2D eigenvalue weighted by molar-refractivity contribution is 4.50. The van der Waals surface area contributed by atoms with Crippen LogP contribution in [0.1, 0.15) is 149 Å². The Kier molecular flexibility index (Phi) is 21.6. The van der Waals surface area contributed by atoms with Crippen molar-refractivity contribution in [1.29, 1.82) is 0 Å². The molecule has 170 valence electrons. The second-order valence-electron chi connectivity index (χ2n) is 9.75. The first-order valence-corrected chi connectivity index (χ1v) is 13.5. The van der Waals surface area contributed by atoms with Gasteiger partial charge in [-0.1, -0.05) is 117 Å². The van der Waals surface area contributed by atoms with Gasteiger partial charge in [-0.2, -0.15) is 0 Å².